The first kappa shape index (κ1) is 21.5. The number of nitrogens with zero attached hydrogens (tertiary/aromatic N) is 5. The highest BCUT2D eigenvalue weighted by Gasteiger charge is 2.55. The van der Waals surface area contributed by atoms with E-state index in [-0.39, 0.29) is 0 Å². The summed E-state index contributed by atoms with van der Waals surface area (Å²) in [6.45, 7) is -0.456. The van der Waals surface area contributed by atoms with Crippen molar-refractivity contribution in [3.8, 4) is 5.75 Å². The predicted molar refractivity (Wildman–Crippen MR) is 124 cm³/mol. The Morgan fingerprint density at radius 1 is 1.03 bits per heavy atom. The zero-order chi connectivity index (χ0) is 24.0. The zero-order valence-electron chi connectivity index (χ0n) is 18.9. The summed E-state index contributed by atoms with van der Waals surface area (Å²) in [7, 11) is 4.39. The van der Waals surface area contributed by atoms with Gasteiger partial charge in [-0.3, -0.25) is 24.3 Å². The average Bonchev–Trinajstić information content (AvgIpc) is 3.42. The Morgan fingerprint density at radius 3 is 2.38 bits per heavy atom. The lowest BCUT2D eigenvalue weighted by molar-refractivity contribution is -0.148. The number of anilines is 1. The minimum atomic E-state index is -0.802. The molecule has 0 bridgehead atoms. The van der Waals surface area contributed by atoms with Crippen LogP contribution in [0.1, 0.15) is 5.56 Å². The number of urea groups is 1. The maximum atomic E-state index is 13.4. The van der Waals surface area contributed by atoms with Crippen molar-refractivity contribution in [2.24, 2.45) is 4.99 Å². The third kappa shape index (κ3) is 3.26. The van der Waals surface area contributed by atoms with Crippen LogP contribution < -0.4 is 9.64 Å². The Labute approximate surface area is 196 Å². The first-order chi connectivity index (χ1) is 16.4. The lowest BCUT2D eigenvalue weighted by Gasteiger charge is -2.39. The lowest BCUT2D eigenvalue weighted by Crippen LogP contribution is -2.65. The average molecular weight is 461 g/mol. The van der Waals surface area contributed by atoms with Crippen molar-refractivity contribution in [1.29, 1.82) is 0 Å². The molecular formula is C24H23N5O5. The number of guanidine groups is 1. The summed E-state index contributed by atoms with van der Waals surface area (Å²) in [6, 6.07) is 15.9. The fourth-order valence-corrected chi connectivity index (χ4v) is 4.37. The molecule has 5 rings (SSSR count). The molecule has 0 N–H and O–H groups in total. The van der Waals surface area contributed by atoms with E-state index in [1.165, 1.54) is 12.0 Å². The lowest BCUT2D eigenvalue weighted by atomic mass is 10.1. The molecule has 3 amide bonds. The number of aliphatic imine (C=N–C) groups is 1. The molecule has 0 aliphatic carbocycles. The maximum Gasteiger partial charge on any atom is 0.328 e. The number of fused-ring (bicyclic) bond motifs is 3. The van der Waals surface area contributed by atoms with Crippen molar-refractivity contribution >= 4 is 35.3 Å². The molecule has 2 unspecified atom stereocenters. The number of imide groups is 1. The van der Waals surface area contributed by atoms with E-state index in [0.29, 0.717) is 11.7 Å². The van der Waals surface area contributed by atoms with Gasteiger partial charge in [-0.1, -0.05) is 30.3 Å². The van der Waals surface area contributed by atoms with Crippen LogP contribution >= 0.6 is 0 Å². The number of hydrogen-bond donors (Lipinski definition) is 0. The SMILES string of the molecule is COC(=O)CN1C(=O)C2C(N=C3N(c4ccc(OC)cc4)C(c4ccccc4)=CN32)N(C)C1=O. The number of rotatable bonds is 5. The predicted octanol–water partition coefficient (Wildman–Crippen LogP) is 1.95. The molecule has 3 aliphatic rings. The van der Waals surface area contributed by atoms with Gasteiger partial charge >= 0.3 is 12.0 Å². The molecule has 2 aromatic carbocycles. The van der Waals surface area contributed by atoms with E-state index in [0.717, 1.165) is 21.8 Å². The standard InChI is InChI=1S/C24H23N5O5/c1-26-21-20(22(31)28(24(26)32)14-19(30)34-3)27-13-18(15-7-5-4-6-8-15)29(23(27)25-21)16-9-11-17(33-2)12-10-16/h4-13,20-21H,14H2,1-3H3. The van der Waals surface area contributed by atoms with Gasteiger partial charge in [-0.15, -0.1) is 0 Å². The molecule has 10 nitrogen and oxygen atoms in total. The molecule has 10 heteroatoms. The Hall–Kier alpha value is -4.34. The fraction of sp³-hybridized carbons (Fsp3) is 0.250. The number of methoxy groups -OCH3 is 2. The minimum absolute atomic E-state index is 0.456. The number of carbonyl (C=O) groups is 3. The Kier molecular flexibility index (Phi) is 5.20. The second-order valence-corrected chi connectivity index (χ2v) is 8.00. The monoisotopic (exact) mass is 461 g/mol. The van der Waals surface area contributed by atoms with Gasteiger partial charge < -0.3 is 14.4 Å². The van der Waals surface area contributed by atoms with Crippen molar-refractivity contribution in [3.63, 3.8) is 0 Å². The number of likely N-dealkylation sites (N-methyl/N-ethyl adjacent to an activating group) is 1. The van der Waals surface area contributed by atoms with Crippen LogP contribution in [0.15, 0.2) is 65.8 Å². The molecule has 3 heterocycles. The summed E-state index contributed by atoms with van der Waals surface area (Å²) in [5.74, 6) is 0.0601. The van der Waals surface area contributed by atoms with Gasteiger partial charge in [0.15, 0.2) is 12.2 Å². The molecule has 174 valence electrons. The highest BCUT2D eigenvalue weighted by molar-refractivity contribution is 6.16. The maximum absolute atomic E-state index is 13.4. The van der Waals surface area contributed by atoms with E-state index in [1.807, 2.05) is 65.7 Å². The van der Waals surface area contributed by atoms with Crippen LogP contribution in [0, 0.1) is 0 Å². The molecule has 1 fully saturated rings. The Bertz CT molecular complexity index is 1210. The molecule has 34 heavy (non-hydrogen) atoms. The largest absolute Gasteiger partial charge is 0.497 e. The van der Waals surface area contributed by atoms with E-state index in [1.54, 1.807) is 19.1 Å². The summed E-state index contributed by atoms with van der Waals surface area (Å²) in [5.41, 5.74) is 2.59. The summed E-state index contributed by atoms with van der Waals surface area (Å²) >= 11 is 0. The third-order valence-corrected chi connectivity index (χ3v) is 6.13. The summed E-state index contributed by atoms with van der Waals surface area (Å²) in [4.78, 5) is 48.9. The number of amides is 3. The molecule has 1 saturated heterocycles. The first-order valence-corrected chi connectivity index (χ1v) is 10.7. The molecule has 2 atom stereocenters. The second-order valence-electron chi connectivity index (χ2n) is 8.00. The van der Waals surface area contributed by atoms with E-state index >= 15 is 0 Å². The minimum Gasteiger partial charge on any atom is -0.497 e. The summed E-state index contributed by atoms with van der Waals surface area (Å²) in [5, 5.41) is 0. The molecule has 0 spiro atoms. The Balaban J connectivity index is 1.58. The van der Waals surface area contributed by atoms with Crippen LogP contribution in [0.3, 0.4) is 0 Å². The number of esters is 1. The molecule has 0 aromatic heterocycles. The van der Waals surface area contributed by atoms with Gasteiger partial charge in [0, 0.05) is 24.5 Å². The van der Waals surface area contributed by atoms with Gasteiger partial charge in [0.1, 0.15) is 12.3 Å². The zero-order valence-corrected chi connectivity index (χ0v) is 18.9. The van der Waals surface area contributed by atoms with Gasteiger partial charge in [-0.25, -0.2) is 9.79 Å². The van der Waals surface area contributed by atoms with Gasteiger partial charge in [0.25, 0.3) is 5.91 Å². The number of ether oxygens (including phenoxy) is 2. The van der Waals surface area contributed by atoms with E-state index in [2.05, 4.69) is 4.74 Å². The summed E-state index contributed by atoms with van der Waals surface area (Å²) in [6.07, 6.45) is 1.14. The Morgan fingerprint density at radius 2 is 1.74 bits per heavy atom. The van der Waals surface area contributed by atoms with Crippen LogP contribution in [-0.2, 0) is 14.3 Å². The van der Waals surface area contributed by atoms with E-state index in [9.17, 15) is 14.4 Å². The van der Waals surface area contributed by atoms with Crippen LogP contribution in [-0.4, -0.2) is 78.6 Å². The first-order valence-electron chi connectivity index (χ1n) is 10.7. The molecule has 2 aromatic rings. The third-order valence-electron chi connectivity index (χ3n) is 6.13. The number of carbonyl (C=O) groups excluding carboxylic acids is 3. The topological polar surface area (TPSA) is 95.0 Å². The quantitative estimate of drug-likeness (QED) is 0.628. The van der Waals surface area contributed by atoms with Gasteiger partial charge in [-0.2, -0.15) is 0 Å². The summed E-state index contributed by atoms with van der Waals surface area (Å²) < 4.78 is 9.97. The van der Waals surface area contributed by atoms with E-state index < -0.39 is 36.7 Å². The van der Waals surface area contributed by atoms with Gasteiger partial charge in [0.05, 0.1) is 19.9 Å². The molecule has 0 saturated carbocycles. The van der Waals surface area contributed by atoms with Gasteiger partial charge in [-0.05, 0) is 24.3 Å². The molecular weight excluding hydrogens is 438 g/mol. The second kappa shape index (κ2) is 8.22. The number of benzene rings is 2. The van der Waals surface area contributed by atoms with Crippen molar-refractivity contribution in [3.05, 3.63) is 66.4 Å². The highest BCUT2D eigenvalue weighted by Crippen LogP contribution is 2.40. The van der Waals surface area contributed by atoms with Crippen molar-refractivity contribution in [2.45, 2.75) is 12.2 Å². The highest BCUT2D eigenvalue weighted by atomic mass is 16.5. The van der Waals surface area contributed by atoms with Crippen LogP contribution in [0.2, 0.25) is 0 Å². The molecule has 0 radical (unpaired) electrons. The van der Waals surface area contributed by atoms with Gasteiger partial charge in [0.2, 0.25) is 5.96 Å². The van der Waals surface area contributed by atoms with Crippen LogP contribution in [0.5, 0.6) is 5.75 Å². The van der Waals surface area contributed by atoms with Crippen molar-refractivity contribution in [1.82, 2.24) is 14.7 Å². The normalized spacial score (nSPS) is 21.3. The van der Waals surface area contributed by atoms with E-state index in [4.69, 9.17) is 9.73 Å². The van der Waals surface area contributed by atoms with Crippen LogP contribution in [0.4, 0.5) is 10.5 Å². The van der Waals surface area contributed by atoms with Crippen molar-refractivity contribution < 1.29 is 23.9 Å². The smallest absolute Gasteiger partial charge is 0.328 e. The fourth-order valence-electron chi connectivity index (χ4n) is 4.37. The van der Waals surface area contributed by atoms with Crippen molar-refractivity contribution in [2.75, 3.05) is 32.7 Å². The van der Waals surface area contributed by atoms with Crippen LogP contribution in [0.25, 0.3) is 5.70 Å². The molecule has 3 aliphatic heterocycles. The number of hydrogen-bond acceptors (Lipinski definition) is 8.